The van der Waals surface area contributed by atoms with Crippen LogP contribution in [0.2, 0.25) is 0 Å². The van der Waals surface area contributed by atoms with Crippen LogP contribution in [0.4, 0.5) is 17.1 Å². The van der Waals surface area contributed by atoms with Crippen molar-refractivity contribution in [1.82, 2.24) is 0 Å². The lowest BCUT2D eigenvalue weighted by molar-refractivity contribution is -0.384. The van der Waals surface area contributed by atoms with Gasteiger partial charge in [0.2, 0.25) is 5.91 Å². The molecule has 0 saturated carbocycles. The van der Waals surface area contributed by atoms with Crippen LogP contribution < -0.4 is 15.4 Å². The lowest BCUT2D eigenvalue weighted by Gasteiger charge is -2.11. The Kier molecular flexibility index (Phi) is 6.23. The van der Waals surface area contributed by atoms with Gasteiger partial charge in [-0.15, -0.1) is 0 Å². The summed E-state index contributed by atoms with van der Waals surface area (Å²) in [6.07, 6.45) is 4.13. The molecule has 2 aromatic carbocycles. The number of ether oxygens (including phenoxy) is 1. The number of anilines is 2. The molecule has 0 aliphatic rings. The number of carbonyl (C=O) groups is 2. The maximum atomic E-state index is 12.2. The van der Waals surface area contributed by atoms with E-state index >= 15 is 0 Å². The predicted octanol–water partition coefficient (Wildman–Crippen LogP) is 4.10. The molecule has 0 atom stereocenters. The maximum absolute atomic E-state index is 12.2. The smallest absolute Gasteiger partial charge is 0.291 e. The zero-order valence-corrected chi connectivity index (χ0v) is 15.8. The number of nitrogens with one attached hydrogen (secondary N) is 2. The minimum atomic E-state index is -0.504. The lowest BCUT2D eigenvalue weighted by Crippen LogP contribution is -2.12. The molecule has 2 N–H and O–H groups in total. The Bertz CT molecular complexity index is 1110. The molecule has 0 fully saturated rings. The van der Waals surface area contributed by atoms with Crippen LogP contribution >= 0.6 is 0 Å². The number of benzene rings is 2. The summed E-state index contributed by atoms with van der Waals surface area (Å²) in [5, 5.41) is 16.1. The van der Waals surface area contributed by atoms with Crippen LogP contribution in [0.25, 0.3) is 6.08 Å². The molecule has 9 heteroatoms. The summed E-state index contributed by atoms with van der Waals surface area (Å²) in [6, 6.07) is 13.8. The second-order valence-corrected chi connectivity index (χ2v) is 6.02. The summed E-state index contributed by atoms with van der Waals surface area (Å²) < 4.78 is 10.3. The number of furan rings is 1. The van der Waals surface area contributed by atoms with Gasteiger partial charge in [0, 0.05) is 30.0 Å². The summed E-state index contributed by atoms with van der Waals surface area (Å²) in [6.45, 7) is 0. The third-order valence-corrected chi connectivity index (χ3v) is 3.97. The molecule has 3 rings (SSSR count). The van der Waals surface area contributed by atoms with E-state index in [0.717, 1.165) is 0 Å². The van der Waals surface area contributed by atoms with Gasteiger partial charge in [-0.2, -0.15) is 0 Å². The molecular formula is C21H17N3O6. The van der Waals surface area contributed by atoms with Crippen molar-refractivity contribution in [2.75, 3.05) is 17.7 Å². The van der Waals surface area contributed by atoms with E-state index in [0.29, 0.717) is 22.7 Å². The fourth-order valence-corrected chi connectivity index (χ4v) is 2.56. The Morgan fingerprint density at radius 1 is 1.10 bits per heavy atom. The van der Waals surface area contributed by atoms with Crippen molar-refractivity contribution in [2.45, 2.75) is 0 Å². The second-order valence-electron chi connectivity index (χ2n) is 6.02. The first-order chi connectivity index (χ1) is 14.5. The van der Waals surface area contributed by atoms with Gasteiger partial charge in [0.1, 0.15) is 5.75 Å². The molecule has 0 bridgehead atoms. The van der Waals surface area contributed by atoms with Gasteiger partial charge in [-0.3, -0.25) is 19.7 Å². The lowest BCUT2D eigenvalue weighted by atomic mass is 10.2. The molecular weight excluding hydrogens is 390 g/mol. The van der Waals surface area contributed by atoms with Crippen LogP contribution in [0.5, 0.6) is 5.75 Å². The van der Waals surface area contributed by atoms with Crippen LogP contribution in [0.3, 0.4) is 0 Å². The second kappa shape index (κ2) is 9.20. The van der Waals surface area contributed by atoms with E-state index in [4.69, 9.17) is 9.15 Å². The highest BCUT2D eigenvalue weighted by atomic mass is 16.6. The summed E-state index contributed by atoms with van der Waals surface area (Å²) in [5.74, 6) is -0.373. The van der Waals surface area contributed by atoms with Crippen molar-refractivity contribution in [3.63, 3.8) is 0 Å². The van der Waals surface area contributed by atoms with Crippen molar-refractivity contribution < 1.29 is 23.7 Å². The number of non-ortho nitro benzene ring substituents is 1. The van der Waals surface area contributed by atoms with Crippen LogP contribution in [-0.4, -0.2) is 23.8 Å². The predicted molar refractivity (Wildman–Crippen MR) is 110 cm³/mol. The third kappa shape index (κ3) is 5.10. The first-order valence-corrected chi connectivity index (χ1v) is 8.72. The Morgan fingerprint density at radius 3 is 2.63 bits per heavy atom. The quantitative estimate of drug-likeness (QED) is 0.345. The average molecular weight is 407 g/mol. The normalized spacial score (nSPS) is 10.6. The van der Waals surface area contributed by atoms with Gasteiger partial charge in [0.15, 0.2) is 5.76 Å². The molecule has 30 heavy (non-hydrogen) atoms. The first-order valence-electron chi connectivity index (χ1n) is 8.72. The van der Waals surface area contributed by atoms with E-state index in [1.807, 2.05) is 0 Å². The standard InChI is InChI=1S/C21H17N3O6/c1-29-19-13-15(8-9-17(19)23-21(26)18-6-3-11-30-18)22-20(25)10-7-14-4-2-5-16(12-14)24(27)28/h2-13H,1H3,(H,22,25)(H,23,26). The highest BCUT2D eigenvalue weighted by Gasteiger charge is 2.13. The molecule has 1 heterocycles. The summed E-state index contributed by atoms with van der Waals surface area (Å²) in [7, 11) is 1.44. The number of methoxy groups -OCH3 is 1. The number of hydrogen-bond donors (Lipinski definition) is 2. The number of carbonyl (C=O) groups excluding carboxylic acids is 2. The summed E-state index contributed by atoms with van der Waals surface area (Å²) >= 11 is 0. The number of nitrogens with zero attached hydrogens (tertiary/aromatic N) is 1. The Balaban J connectivity index is 1.67. The molecule has 0 saturated heterocycles. The van der Waals surface area contributed by atoms with Gasteiger partial charge in [-0.05, 0) is 35.9 Å². The van der Waals surface area contributed by atoms with E-state index < -0.39 is 16.7 Å². The number of nitro benzene ring substituents is 1. The average Bonchev–Trinajstić information content (AvgIpc) is 3.28. The fraction of sp³-hybridized carbons (Fsp3) is 0.0476. The Labute approximate surface area is 171 Å². The number of hydrogen-bond acceptors (Lipinski definition) is 6. The van der Waals surface area contributed by atoms with Crippen LogP contribution in [0.15, 0.2) is 71.4 Å². The zero-order valence-electron chi connectivity index (χ0n) is 15.8. The van der Waals surface area contributed by atoms with Gasteiger partial charge in [-0.1, -0.05) is 12.1 Å². The molecule has 2 amide bonds. The molecule has 152 valence electrons. The van der Waals surface area contributed by atoms with Gasteiger partial charge in [0.05, 0.1) is 24.0 Å². The molecule has 0 unspecified atom stereocenters. The molecule has 0 spiro atoms. The molecule has 1 aromatic heterocycles. The summed E-state index contributed by atoms with van der Waals surface area (Å²) in [5.41, 5.74) is 1.31. The highest BCUT2D eigenvalue weighted by Crippen LogP contribution is 2.28. The van der Waals surface area contributed by atoms with Crippen molar-refractivity contribution in [1.29, 1.82) is 0 Å². The van der Waals surface area contributed by atoms with E-state index in [1.165, 1.54) is 49.8 Å². The van der Waals surface area contributed by atoms with Gasteiger partial charge < -0.3 is 19.8 Å². The maximum Gasteiger partial charge on any atom is 0.291 e. The van der Waals surface area contributed by atoms with Gasteiger partial charge in [-0.25, -0.2) is 0 Å². The third-order valence-electron chi connectivity index (χ3n) is 3.97. The molecule has 0 aliphatic heterocycles. The number of rotatable bonds is 7. The monoisotopic (exact) mass is 407 g/mol. The minimum Gasteiger partial charge on any atom is -0.494 e. The first kappa shape index (κ1) is 20.3. The van der Waals surface area contributed by atoms with Crippen molar-refractivity contribution in [2.24, 2.45) is 0 Å². The van der Waals surface area contributed by atoms with E-state index in [2.05, 4.69) is 10.6 Å². The molecule has 3 aromatic rings. The Morgan fingerprint density at radius 2 is 1.93 bits per heavy atom. The molecule has 9 nitrogen and oxygen atoms in total. The van der Waals surface area contributed by atoms with Crippen LogP contribution in [0.1, 0.15) is 16.1 Å². The number of nitro groups is 1. The van der Waals surface area contributed by atoms with Crippen molar-refractivity contribution >= 4 is 35.0 Å². The largest absolute Gasteiger partial charge is 0.494 e. The van der Waals surface area contributed by atoms with E-state index in [9.17, 15) is 19.7 Å². The van der Waals surface area contributed by atoms with Crippen LogP contribution in [0, 0.1) is 10.1 Å². The van der Waals surface area contributed by atoms with E-state index in [-0.39, 0.29) is 11.4 Å². The van der Waals surface area contributed by atoms with Crippen molar-refractivity contribution in [3.8, 4) is 5.75 Å². The fourth-order valence-electron chi connectivity index (χ4n) is 2.56. The summed E-state index contributed by atoms with van der Waals surface area (Å²) in [4.78, 5) is 34.6. The van der Waals surface area contributed by atoms with Gasteiger partial charge >= 0.3 is 0 Å². The topological polar surface area (TPSA) is 124 Å². The van der Waals surface area contributed by atoms with E-state index in [1.54, 1.807) is 30.3 Å². The minimum absolute atomic E-state index is 0.0607. The van der Waals surface area contributed by atoms with Crippen molar-refractivity contribution in [3.05, 3.63) is 88.4 Å². The van der Waals surface area contributed by atoms with Gasteiger partial charge in [0.25, 0.3) is 11.6 Å². The molecule has 0 radical (unpaired) electrons. The zero-order chi connectivity index (χ0) is 21.5. The Hall–Kier alpha value is -4.40. The number of amides is 2. The highest BCUT2D eigenvalue weighted by molar-refractivity contribution is 6.04. The molecule has 0 aliphatic carbocycles. The van der Waals surface area contributed by atoms with Crippen LogP contribution in [-0.2, 0) is 4.79 Å². The SMILES string of the molecule is COc1cc(NC(=O)C=Cc2cccc([N+](=O)[O-])c2)ccc1NC(=O)c1ccco1.